The van der Waals surface area contributed by atoms with E-state index < -0.39 is 5.97 Å². The zero-order valence-corrected chi connectivity index (χ0v) is 13.2. The molecule has 0 N–H and O–H groups in total. The molecule has 6 nitrogen and oxygen atoms in total. The van der Waals surface area contributed by atoms with Gasteiger partial charge in [0.15, 0.2) is 0 Å². The molecule has 2 heterocycles. The van der Waals surface area contributed by atoms with E-state index in [2.05, 4.69) is 4.74 Å². The molecule has 3 rings (SSSR count). The van der Waals surface area contributed by atoms with Crippen LogP contribution in [0.15, 0.2) is 40.9 Å². The van der Waals surface area contributed by atoms with E-state index in [9.17, 15) is 4.79 Å². The van der Waals surface area contributed by atoms with E-state index in [-0.39, 0.29) is 5.76 Å². The highest BCUT2D eigenvalue weighted by atomic mass is 16.5. The first-order valence-electron chi connectivity index (χ1n) is 7.04. The topological polar surface area (TPSA) is 62.8 Å². The molecule has 0 bridgehead atoms. The van der Waals surface area contributed by atoms with E-state index in [4.69, 9.17) is 13.9 Å². The van der Waals surface area contributed by atoms with Gasteiger partial charge in [-0.1, -0.05) is 0 Å². The monoisotopic (exact) mass is 315 g/mol. The van der Waals surface area contributed by atoms with E-state index in [0.717, 1.165) is 16.7 Å². The average molecular weight is 315 g/mol. The van der Waals surface area contributed by atoms with Gasteiger partial charge >= 0.3 is 5.97 Å². The van der Waals surface area contributed by atoms with E-state index in [0.29, 0.717) is 18.1 Å². The summed E-state index contributed by atoms with van der Waals surface area (Å²) in [6.45, 7) is 0.483. The van der Waals surface area contributed by atoms with Crippen molar-refractivity contribution in [1.29, 1.82) is 0 Å². The highest BCUT2D eigenvalue weighted by Crippen LogP contribution is 2.32. The third kappa shape index (κ3) is 2.75. The summed E-state index contributed by atoms with van der Waals surface area (Å²) in [5, 5.41) is 0.980. The van der Waals surface area contributed by atoms with Crippen molar-refractivity contribution in [2.24, 2.45) is 0 Å². The number of rotatable bonds is 5. The maximum atomic E-state index is 11.5. The number of methoxy groups -OCH3 is 3. The Kier molecular flexibility index (Phi) is 3.97. The van der Waals surface area contributed by atoms with Crippen LogP contribution in [0.2, 0.25) is 0 Å². The van der Waals surface area contributed by atoms with Crippen molar-refractivity contribution in [2.75, 3.05) is 21.3 Å². The molecule has 0 atom stereocenters. The van der Waals surface area contributed by atoms with Gasteiger partial charge in [0, 0.05) is 23.7 Å². The molecule has 0 fully saturated rings. The van der Waals surface area contributed by atoms with E-state index >= 15 is 0 Å². The van der Waals surface area contributed by atoms with Gasteiger partial charge in [-0.05, 0) is 18.2 Å². The Balaban J connectivity index is 1.97. The number of nitrogens with zero attached hydrogens (tertiary/aromatic N) is 1. The number of carbonyl (C=O) groups is 1. The third-order valence-corrected chi connectivity index (χ3v) is 3.65. The number of fused-ring (bicyclic) bond motifs is 1. The second-order valence-corrected chi connectivity index (χ2v) is 4.96. The molecule has 3 aromatic rings. The van der Waals surface area contributed by atoms with Crippen molar-refractivity contribution in [3.8, 4) is 11.5 Å². The second kappa shape index (κ2) is 6.08. The van der Waals surface area contributed by atoms with Crippen LogP contribution in [0.4, 0.5) is 0 Å². The average Bonchev–Trinajstić information content (AvgIpc) is 3.21. The van der Waals surface area contributed by atoms with Gasteiger partial charge in [0.1, 0.15) is 17.3 Å². The van der Waals surface area contributed by atoms with Gasteiger partial charge < -0.3 is 23.2 Å². The van der Waals surface area contributed by atoms with Gasteiger partial charge in [-0.15, -0.1) is 0 Å². The van der Waals surface area contributed by atoms with Crippen LogP contribution < -0.4 is 9.47 Å². The minimum absolute atomic E-state index is 0.189. The fourth-order valence-electron chi connectivity index (χ4n) is 2.50. The lowest BCUT2D eigenvalue weighted by Crippen LogP contribution is -1.99. The second-order valence-electron chi connectivity index (χ2n) is 4.96. The summed E-state index contributed by atoms with van der Waals surface area (Å²) in [5.41, 5.74) is 0.956. The van der Waals surface area contributed by atoms with Crippen LogP contribution in [0.3, 0.4) is 0 Å². The Morgan fingerprint density at radius 3 is 2.65 bits per heavy atom. The lowest BCUT2D eigenvalue weighted by Gasteiger charge is -2.08. The molecule has 6 heteroatoms. The van der Waals surface area contributed by atoms with Gasteiger partial charge in [0.25, 0.3) is 0 Å². The maximum absolute atomic E-state index is 11.5. The van der Waals surface area contributed by atoms with Crippen molar-refractivity contribution >= 4 is 16.9 Å². The van der Waals surface area contributed by atoms with Crippen molar-refractivity contribution in [3.05, 3.63) is 48.0 Å². The maximum Gasteiger partial charge on any atom is 0.373 e. The fourth-order valence-corrected chi connectivity index (χ4v) is 2.50. The zero-order chi connectivity index (χ0) is 16.4. The molecule has 1 aromatic carbocycles. The number of benzene rings is 1. The Hall–Kier alpha value is -2.89. The van der Waals surface area contributed by atoms with Crippen LogP contribution in [0.5, 0.6) is 11.5 Å². The summed E-state index contributed by atoms with van der Waals surface area (Å²) in [6, 6.07) is 9.11. The molecular weight excluding hydrogens is 298 g/mol. The molecule has 0 unspecified atom stereocenters. The summed E-state index contributed by atoms with van der Waals surface area (Å²) in [7, 11) is 4.56. The van der Waals surface area contributed by atoms with E-state index in [1.807, 2.05) is 29.0 Å². The highest BCUT2D eigenvalue weighted by molar-refractivity contribution is 5.88. The standard InChI is InChI=1S/C17H17NO5/c1-20-12-8-14-13(16(9-12)21-2)6-7-18(14)10-11-4-5-15(23-11)17(19)22-3/h4-9H,10H2,1-3H3. The minimum Gasteiger partial charge on any atom is -0.497 e. The lowest BCUT2D eigenvalue weighted by atomic mass is 10.2. The molecule has 0 aliphatic heterocycles. The first-order chi connectivity index (χ1) is 11.2. The highest BCUT2D eigenvalue weighted by Gasteiger charge is 2.13. The first-order valence-corrected chi connectivity index (χ1v) is 7.04. The number of furan rings is 1. The van der Waals surface area contributed by atoms with Crippen molar-refractivity contribution in [2.45, 2.75) is 6.54 Å². The molecule has 0 saturated carbocycles. The molecule has 120 valence electrons. The number of esters is 1. The Labute approximate surface area is 133 Å². The summed E-state index contributed by atoms with van der Waals surface area (Å²) in [4.78, 5) is 11.5. The quantitative estimate of drug-likeness (QED) is 0.677. The molecule has 0 amide bonds. The minimum atomic E-state index is -0.489. The van der Waals surface area contributed by atoms with E-state index in [1.54, 1.807) is 26.4 Å². The largest absolute Gasteiger partial charge is 0.497 e. The first kappa shape index (κ1) is 15.0. The summed E-state index contributed by atoms with van der Waals surface area (Å²) in [6.07, 6.45) is 1.94. The lowest BCUT2D eigenvalue weighted by molar-refractivity contribution is 0.0563. The number of ether oxygens (including phenoxy) is 3. The number of hydrogen-bond donors (Lipinski definition) is 0. The van der Waals surface area contributed by atoms with Crippen LogP contribution in [-0.4, -0.2) is 31.9 Å². The van der Waals surface area contributed by atoms with Crippen LogP contribution in [0.1, 0.15) is 16.3 Å². The zero-order valence-electron chi connectivity index (χ0n) is 13.2. The molecular formula is C17H17NO5. The smallest absolute Gasteiger partial charge is 0.373 e. The molecule has 0 aliphatic carbocycles. The molecule has 0 aliphatic rings. The number of hydrogen-bond acceptors (Lipinski definition) is 5. The van der Waals surface area contributed by atoms with Gasteiger partial charge in [0.05, 0.1) is 33.4 Å². The fraction of sp³-hybridized carbons (Fsp3) is 0.235. The Morgan fingerprint density at radius 1 is 1.13 bits per heavy atom. The van der Waals surface area contributed by atoms with Crippen LogP contribution in [0.25, 0.3) is 10.9 Å². The normalized spacial score (nSPS) is 10.7. The van der Waals surface area contributed by atoms with Crippen LogP contribution in [0, 0.1) is 0 Å². The molecule has 2 aromatic heterocycles. The molecule has 0 radical (unpaired) electrons. The van der Waals surface area contributed by atoms with Crippen molar-refractivity contribution in [1.82, 2.24) is 4.57 Å². The van der Waals surface area contributed by atoms with Gasteiger partial charge in [-0.3, -0.25) is 0 Å². The molecule has 0 saturated heterocycles. The van der Waals surface area contributed by atoms with Crippen LogP contribution >= 0.6 is 0 Å². The van der Waals surface area contributed by atoms with Crippen molar-refractivity contribution < 1.29 is 23.4 Å². The van der Waals surface area contributed by atoms with Gasteiger partial charge in [-0.2, -0.15) is 0 Å². The van der Waals surface area contributed by atoms with E-state index in [1.165, 1.54) is 7.11 Å². The Morgan fingerprint density at radius 2 is 1.96 bits per heavy atom. The predicted molar refractivity (Wildman–Crippen MR) is 84.2 cm³/mol. The molecule has 0 spiro atoms. The SMILES string of the molecule is COC(=O)c1ccc(Cn2ccc3c(OC)cc(OC)cc32)o1. The van der Waals surface area contributed by atoms with Crippen molar-refractivity contribution in [3.63, 3.8) is 0 Å². The predicted octanol–water partition coefficient (Wildman–Crippen LogP) is 3.09. The third-order valence-electron chi connectivity index (χ3n) is 3.65. The van der Waals surface area contributed by atoms with Crippen LogP contribution in [-0.2, 0) is 11.3 Å². The number of aromatic nitrogens is 1. The summed E-state index contributed by atoms with van der Waals surface area (Å²) < 4.78 is 22.9. The van der Waals surface area contributed by atoms with Gasteiger partial charge in [0.2, 0.25) is 5.76 Å². The number of carbonyl (C=O) groups excluding carboxylic acids is 1. The Bertz CT molecular complexity index is 846. The summed E-state index contributed by atoms with van der Waals surface area (Å²) in [5.74, 6) is 1.81. The molecule has 23 heavy (non-hydrogen) atoms. The summed E-state index contributed by atoms with van der Waals surface area (Å²) >= 11 is 0. The van der Waals surface area contributed by atoms with Gasteiger partial charge in [-0.25, -0.2) is 4.79 Å².